The number of hydrogen-bond acceptors (Lipinski definition) is 0. The average Bonchev–Trinajstić information content (AvgIpc) is 1.83. The van der Waals surface area contributed by atoms with Crippen molar-refractivity contribution in [1.29, 1.82) is 0 Å². The molecule has 0 heterocycles. The Balaban J connectivity index is 0.000001000. The highest BCUT2D eigenvalue weighted by molar-refractivity contribution is 5.24. The molecular weight excluding hydrogens is 132 g/mol. The molecule has 0 fully saturated rings. The Hall–Kier alpha value is -0.780. The van der Waals surface area contributed by atoms with E-state index in [1.807, 2.05) is 0 Å². The topological polar surface area (TPSA) is 0 Å². The molecule has 1 rings (SSSR count). The van der Waals surface area contributed by atoms with E-state index in [1.54, 1.807) is 0 Å². The fourth-order valence-corrected chi connectivity index (χ4v) is 1.13. The second-order valence-electron chi connectivity index (χ2n) is 2.85. The van der Waals surface area contributed by atoms with Crippen molar-refractivity contribution in [2.24, 2.45) is 0 Å². The van der Waals surface area contributed by atoms with Crippen LogP contribution in [0.5, 0.6) is 0 Å². The zero-order valence-electron chi connectivity index (χ0n) is 6.72. The van der Waals surface area contributed by atoms with Crippen molar-refractivity contribution in [2.75, 3.05) is 0 Å². The van der Waals surface area contributed by atoms with E-state index in [0.29, 0.717) is 0 Å². The maximum Gasteiger partial charge on any atom is -0.0138 e. The molecule has 0 saturated carbocycles. The minimum atomic E-state index is 0. The van der Waals surface area contributed by atoms with Gasteiger partial charge in [0.2, 0.25) is 0 Å². The highest BCUT2D eigenvalue weighted by Gasteiger charge is 1.89. The summed E-state index contributed by atoms with van der Waals surface area (Å²) in [6, 6.07) is 0. The van der Waals surface area contributed by atoms with Gasteiger partial charge in [-0.3, -0.25) is 0 Å². The lowest BCUT2D eigenvalue weighted by atomic mass is 10.1. The van der Waals surface area contributed by atoms with Crippen LogP contribution in [0.15, 0.2) is 35.5 Å². The maximum atomic E-state index is 2.25. The van der Waals surface area contributed by atoms with Crippen molar-refractivity contribution in [3.8, 4) is 0 Å². The summed E-state index contributed by atoms with van der Waals surface area (Å²) >= 11 is 0. The van der Waals surface area contributed by atoms with E-state index in [0.717, 1.165) is 12.8 Å². The summed E-state index contributed by atoms with van der Waals surface area (Å²) in [7, 11) is 0. The van der Waals surface area contributed by atoms with Crippen LogP contribution >= 0.6 is 0 Å². The Bertz CT molecular complexity index is 192. The Labute approximate surface area is 70.3 Å². The van der Waals surface area contributed by atoms with Crippen molar-refractivity contribution >= 4 is 0 Å². The van der Waals surface area contributed by atoms with Gasteiger partial charge in [-0.15, -0.1) is 0 Å². The largest absolute Gasteiger partial charge is 0.0844 e. The van der Waals surface area contributed by atoms with Crippen LogP contribution in [0, 0.1) is 0 Å². The van der Waals surface area contributed by atoms with E-state index in [4.69, 9.17) is 0 Å². The van der Waals surface area contributed by atoms with Crippen LogP contribution in [0.25, 0.3) is 0 Å². The van der Waals surface area contributed by atoms with Gasteiger partial charge < -0.3 is 0 Å². The molecule has 1 aliphatic carbocycles. The van der Waals surface area contributed by atoms with Crippen LogP contribution in [0.3, 0.4) is 0 Å². The Morgan fingerprint density at radius 1 is 1.18 bits per heavy atom. The van der Waals surface area contributed by atoms with E-state index >= 15 is 0 Å². The molecule has 0 aromatic rings. The lowest BCUT2D eigenvalue weighted by Gasteiger charge is -1.99. The van der Waals surface area contributed by atoms with Crippen LogP contribution in [0.1, 0.15) is 34.1 Å². The van der Waals surface area contributed by atoms with Gasteiger partial charge in [-0.1, -0.05) is 42.9 Å². The number of rotatable bonds is 0. The Kier molecular flexibility index (Phi) is 4.60. The van der Waals surface area contributed by atoms with Crippen LogP contribution in [-0.4, -0.2) is 0 Å². The summed E-state index contributed by atoms with van der Waals surface area (Å²) in [5.41, 5.74) is 2.84. The van der Waals surface area contributed by atoms with Gasteiger partial charge in [0, 0.05) is 0 Å². The molecule has 0 heteroatoms. The van der Waals surface area contributed by atoms with E-state index in [1.165, 1.54) is 11.1 Å². The third-order valence-electron chi connectivity index (χ3n) is 1.66. The molecular formula is C11H18. The normalized spacial score (nSPS) is 26.7. The summed E-state index contributed by atoms with van der Waals surface area (Å²) in [5.74, 6) is 0. The predicted molar refractivity (Wildman–Crippen MR) is 52.6 cm³/mol. The zero-order valence-corrected chi connectivity index (χ0v) is 6.72. The molecule has 0 aromatic heterocycles. The molecule has 0 atom stereocenters. The molecule has 0 nitrogen and oxygen atoms in total. The van der Waals surface area contributed by atoms with Gasteiger partial charge in [0.25, 0.3) is 0 Å². The third-order valence-corrected chi connectivity index (χ3v) is 1.66. The zero-order chi connectivity index (χ0) is 7.40. The van der Waals surface area contributed by atoms with Gasteiger partial charge in [-0.25, -0.2) is 0 Å². The van der Waals surface area contributed by atoms with Crippen molar-refractivity contribution in [3.63, 3.8) is 0 Å². The van der Waals surface area contributed by atoms with Crippen LogP contribution < -0.4 is 0 Å². The standard InChI is InChI=1S/C10H14.CH4/c1-9-6-4-3-5-7-10(2)8-9;/h3-4,7-8H,5-6H2,1-2H3;1H4/b4-3?,9-8-,10-7-;. The van der Waals surface area contributed by atoms with Crippen LogP contribution in [0.2, 0.25) is 0 Å². The third kappa shape index (κ3) is 3.82. The van der Waals surface area contributed by atoms with Gasteiger partial charge in [-0.2, -0.15) is 0 Å². The maximum absolute atomic E-state index is 2.25. The second kappa shape index (κ2) is 4.95. The molecule has 0 unspecified atom stereocenters. The SMILES string of the molecule is C.CC1=C/CC=CC/C(C)=C\1. The summed E-state index contributed by atoms with van der Waals surface area (Å²) in [5, 5.41) is 0. The average molecular weight is 150 g/mol. The Morgan fingerprint density at radius 2 is 1.91 bits per heavy atom. The molecule has 0 aromatic carbocycles. The van der Waals surface area contributed by atoms with E-state index in [9.17, 15) is 0 Å². The summed E-state index contributed by atoms with van der Waals surface area (Å²) in [6.45, 7) is 4.33. The lowest BCUT2D eigenvalue weighted by Crippen LogP contribution is -1.79. The molecule has 0 spiro atoms. The molecule has 0 amide bonds. The first kappa shape index (κ1) is 10.2. The Morgan fingerprint density at radius 3 is 2.64 bits per heavy atom. The number of allylic oxidation sites excluding steroid dienone is 6. The highest BCUT2D eigenvalue weighted by Crippen LogP contribution is 2.10. The second-order valence-corrected chi connectivity index (χ2v) is 2.85. The number of hydrogen-bond donors (Lipinski definition) is 0. The molecule has 11 heavy (non-hydrogen) atoms. The fourth-order valence-electron chi connectivity index (χ4n) is 1.13. The first-order chi connectivity index (χ1) is 4.79. The lowest BCUT2D eigenvalue weighted by molar-refractivity contribution is 1.16. The minimum Gasteiger partial charge on any atom is -0.0844 e. The smallest absolute Gasteiger partial charge is 0.0138 e. The van der Waals surface area contributed by atoms with Crippen molar-refractivity contribution in [3.05, 3.63) is 35.5 Å². The summed E-state index contributed by atoms with van der Waals surface area (Å²) in [4.78, 5) is 0. The van der Waals surface area contributed by atoms with Gasteiger partial charge in [0.15, 0.2) is 0 Å². The van der Waals surface area contributed by atoms with Crippen LogP contribution in [0.4, 0.5) is 0 Å². The van der Waals surface area contributed by atoms with Crippen molar-refractivity contribution in [1.82, 2.24) is 0 Å². The summed E-state index contributed by atoms with van der Waals surface area (Å²) < 4.78 is 0. The highest BCUT2D eigenvalue weighted by atomic mass is 14.0. The van der Waals surface area contributed by atoms with Gasteiger partial charge in [0.05, 0.1) is 0 Å². The molecule has 62 valence electrons. The van der Waals surface area contributed by atoms with Crippen LogP contribution in [-0.2, 0) is 0 Å². The fraction of sp³-hybridized carbons (Fsp3) is 0.455. The molecule has 0 bridgehead atoms. The van der Waals surface area contributed by atoms with E-state index in [2.05, 4.69) is 38.2 Å². The molecule has 0 aliphatic heterocycles. The monoisotopic (exact) mass is 150 g/mol. The molecule has 0 radical (unpaired) electrons. The molecule has 1 aliphatic rings. The first-order valence-corrected chi connectivity index (χ1v) is 3.78. The molecule has 0 saturated heterocycles. The van der Waals surface area contributed by atoms with Gasteiger partial charge >= 0.3 is 0 Å². The quantitative estimate of drug-likeness (QED) is 0.460. The minimum absolute atomic E-state index is 0. The van der Waals surface area contributed by atoms with Gasteiger partial charge in [0.1, 0.15) is 0 Å². The van der Waals surface area contributed by atoms with Crippen molar-refractivity contribution < 1.29 is 0 Å². The predicted octanol–water partition coefficient (Wildman–Crippen LogP) is 3.87. The molecule has 0 N–H and O–H groups in total. The first-order valence-electron chi connectivity index (χ1n) is 3.78. The summed E-state index contributed by atoms with van der Waals surface area (Å²) in [6.07, 6.45) is 11.2. The van der Waals surface area contributed by atoms with Crippen molar-refractivity contribution in [2.45, 2.75) is 34.1 Å². The van der Waals surface area contributed by atoms with E-state index < -0.39 is 0 Å². The van der Waals surface area contributed by atoms with Gasteiger partial charge in [-0.05, 0) is 26.7 Å². The van der Waals surface area contributed by atoms with E-state index in [-0.39, 0.29) is 7.43 Å².